The fourth-order valence-corrected chi connectivity index (χ4v) is 5.46. The minimum Gasteiger partial charge on any atom is -0.492 e. The van der Waals surface area contributed by atoms with Crippen molar-refractivity contribution in [1.29, 1.82) is 0 Å². The molecule has 4 heterocycles. The molecular formula is C25H31N3O6. The van der Waals surface area contributed by atoms with Crippen LogP contribution in [-0.2, 0) is 27.3 Å². The molecule has 0 aliphatic carbocycles. The van der Waals surface area contributed by atoms with Gasteiger partial charge in [0.1, 0.15) is 17.4 Å². The maximum atomic E-state index is 13.3. The number of hydrogen-bond donors (Lipinski definition) is 1. The van der Waals surface area contributed by atoms with Gasteiger partial charge in [-0.05, 0) is 57.6 Å². The van der Waals surface area contributed by atoms with E-state index in [0.29, 0.717) is 44.0 Å². The average Bonchev–Trinajstić information content (AvgIpc) is 3.09. The SMILES string of the molecule is CC(C)(C)OC(=O)N1CCC2(CC1)COc1c(ccc3c1C(=O)N(C1CCC(=O)NC1=O)C3)C2. The number of likely N-dealkylation sites (tertiary alicyclic amines) is 1. The number of piperidine rings is 2. The van der Waals surface area contributed by atoms with Crippen LogP contribution in [0.15, 0.2) is 12.1 Å². The summed E-state index contributed by atoms with van der Waals surface area (Å²) in [5.41, 5.74) is 1.79. The Morgan fingerprint density at radius 3 is 2.53 bits per heavy atom. The zero-order valence-electron chi connectivity index (χ0n) is 19.9. The van der Waals surface area contributed by atoms with E-state index in [-0.39, 0.29) is 29.7 Å². The van der Waals surface area contributed by atoms with Crippen LogP contribution in [0.1, 0.15) is 67.9 Å². The fraction of sp³-hybridized carbons (Fsp3) is 0.600. The van der Waals surface area contributed by atoms with Crippen molar-refractivity contribution in [1.82, 2.24) is 15.1 Å². The summed E-state index contributed by atoms with van der Waals surface area (Å²) >= 11 is 0. The lowest BCUT2D eigenvalue weighted by atomic mass is 9.72. The van der Waals surface area contributed by atoms with Gasteiger partial charge in [0.25, 0.3) is 5.91 Å². The lowest BCUT2D eigenvalue weighted by molar-refractivity contribution is -0.136. The van der Waals surface area contributed by atoms with Crippen molar-refractivity contribution in [3.05, 3.63) is 28.8 Å². The highest BCUT2D eigenvalue weighted by Gasteiger charge is 2.45. The van der Waals surface area contributed by atoms with Gasteiger partial charge in [0, 0.05) is 31.5 Å². The number of benzene rings is 1. The summed E-state index contributed by atoms with van der Waals surface area (Å²) in [7, 11) is 0. The monoisotopic (exact) mass is 469 g/mol. The van der Waals surface area contributed by atoms with E-state index in [9.17, 15) is 19.2 Å². The van der Waals surface area contributed by atoms with Crippen LogP contribution in [0.25, 0.3) is 0 Å². The number of amides is 4. The van der Waals surface area contributed by atoms with Crippen LogP contribution in [0.3, 0.4) is 0 Å². The molecule has 0 bridgehead atoms. The number of rotatable bonds is 1. The first kappa shape index (κ1) is 22.7. The van der Waals surface area contributed by atoms with Gasteiger partial charge < -0.3 is 19.3 Å². The average molecular weight is 470 g/mol. The van der Waals surface area contributed by atoms with Gasteiger partial charge in [0.15, 0.2) is 0 Å². The predicted molar refractivity (Wildman–Crippen MR) is 121 cm³/mol. The molecule has 0 radical (unpaired) electrons. The van der Waals surface area contributed by atoms with Crippen molar-refractivity contribution < 1.29 is 28.7 Å². The van der Waals surface area contributed by atoms with Crippen molar-refractivity contribution in [2.45, 2.75) is 71.1 Å². The number of fused-ring (bicyclic) bond motifs is 3. The van der Waals surface area contributed by atoms with Crippen LogP contribution >= 0.6 is 0 Å². The quantitative estimate of drug-likeness (QED) is 0.634. The molecule has 1 N–H and O–H groups in total. The van der Waals surface area contributed by atoms with E-state index in [2.05, 4.69) is 5.32 Å². The number of hydrogen-bond acceptors (Lipinski definition) is 6. The highest BCUT2D eigenvalue weighted by Crippen LogP contribution is 2.45. The number of nitrogens with one attached hydrogen (secondary N) is 1. The Morgan fingerprint density at radius 1 is 1.15 bits per heavy atom. The fourth-order valence-electron chi connectivity index (χ4n) is 5.46. The molecule has 1 spiro atoms. The van der Waals surface area contributed by atoms with E-state index in [1.807, 2.05) is 32.9 Å². The van der Waals surface area contributed by atoms with Gasteiger partial charge in [-0.25, -0.2) is 4.79 Å². The molecule has 1 aromatic carbocycles. The van der Waals surface area contributed by atoms with Crippen LogP contribution in [0.2, 0.25) is 0 Å². The molecule has 4 aliphatic rings. The molecule has 0 saturated carbocycles. The molecule has 5 rings (SSSR count). The van der Waals surface area contributed by atoms with Crippen LogP contribution < -0.4 is 10.1 Å². The normalized spacial score (nSPS) is 23.9. The lowest BCUT2D eigenvalue weighted by Gasteiger charge is -2.44. The second-order valence-corrected chi connectivity index (χ2v) is 10.9. The van der Waals surface area contributed by atoms with Crippen molar-refractivity contribution in [3.8, 4) is 5.75 Å². The Morgan fingerprint density at radius 2 is 1.85 bits per heavy atom. The maximum absolute atomic E-state index is 13.3. The Labute approximate surface area is 198 Å². The Balaban J connectivity index is 1.29. The van der Waals surface area contributed by atoms with Gasteiger partial charge in [-0.1, -0.05) is 12.1 Å². The molecule has 9 nitrogen and oxygen atoms in total. The Hall–Kier alpha value is -3.10. The molecule has 4 amide bonds. The molecule has 2 fully saturated rings. The Kier molecular flexibility index (Phi) is 5.33. The summed E-state index contributed by atoms with van der Waals surface area (Å²) in [4.78, 5) is 52.9. The van der Waals surface area contributed by atoms with Crippen LogP contribution in [0.4, 0.5) is 4.79 Å². The number of nitrogens with zero attached hydrogens (tertiary/aromatic N) is 2. The van der Waals surface area contributed by atoms with Gasteiger partial charge in [-0.2, -0.15) is 0 Å². The lowest BCUT2D eigenvalue weighted by Crippen LogP contribution is -2.52. The van der Waals surface area contributed by atoms with E-state index in [1.165, 1.54) is 0 Å². The first-order chi connectivity index (χ1) is 16.1. The highest BCUT2D eigenvalue weighted by molar-refractivity contribution is 6.06. The summed E-state index contributed by atoms with van der Waals surface area (Å²) < 4.78 is 11.8. The Bertz CT molecular complexity index is 1070. The van der Waals surface area contributed by atoms with Crippen LogP contribution in [0.5, 0.6) is 5.75 Å². The van der Waals surface area contributed by atoms with E-state index in [1.54, 1.807) is 9.80 Å². The molecule has 4 aliphatic heterocycles. The van der Waals surface area contributed by atoms with E-state index >= 15 is 0 Å². The third-order valence-electron chi connectivity index (χ3n) is 7.29. The van der Waals surface area contributed by atoms with Gasteiger partial charge in [0.2, 0.25) is 11.8 Å². The smallest absolute Gasteiger partial charge is 0.410 e. The van der Waals surface area contributed by atoms with Gasteiger partial charge in [-0.3, -0.25) is 19.7 Å². The number of carbonyl (C=O) groups excluding carboxylic acids is 4. The third kappa shape index (κ3) is 4.01. The molecule has 2 saturated heterocycles. The molecule has 0 aromatic heterocycles. The molecule has 34 heavy (non-hydrogen) atoms. The predicted octanol–water partition coefficient (Wildman–Crippen LogP) is 2.40. The molecule has 1 atom stereocenters. The summed E-state index contributed by atoms with van der Waals surface area (Å²) in [6, 6.07) is 3.34. The summed E-state index contributed by atoms with van der Waals surface area (Å²) in [5.74, 6) is -0.299. The topological polar surface area (TPSA) is 105 Å². The molecule has 9 heteroatoms. The highest BCUT2D eigenvalue weighted by atomic mass is 16.6. The number of ether oxygens (including phenoxy) is 2. The number of imide groups is 1. The zero-order chi connectivity index (χ0) is 24.3. The van der Waals surface area contributed by atoms with Crippen LogP contribution in [0, 0.1) is 5.41 Å². The first-order valence-corrected chi connectivity index (χ1v) is 12.0. The van der Waals surface area contributed by atoms with Crippen molar-refractivity contribution in [3.63, 3.8) is 0 Å². The second kappa shape index (κ2) is 7.99. The van der Waals surface area contributed by atoms with Crippen molar-refractivity contribution in [2.24, 2.45) is 5.41 Å². The standard InChI is InChI=1S/C25H31N3O6/c1-24(2,3)34-23(32)27-10-8-25(9-11-27)12-15-4-5-16-13-28(17-6-7-18(29)26-21(17)30)22(31)19(16)20(15)33-14-25/h4-5,17H,6-14H2,1-3H3,(H,26,29,30). The molecular weight excluding hydrogens is 438 g/mol. The molecule has 182 valence electrons. The van der Waals surface area contributed by atoms with Crippen molar-refractivity contribution >= 4 is 23.8 Å². The van der Waals surface area contributed by atoms with Gasteiger partial charge in [0.05, 0.1) is 12.2 Å². The molecule has 1 unspecified atom stereocenters. The summed E-state index contributed by atoms with van der Waals surface area (Å²) in [5, 5.41) is 2.34. The van der Waals surface area contributed by atoms with Gasteiger partial charge in [-0.15, -0.1) is 0 Å². The van der Waals surface area contributed by atoms with Crippen molar-refractivity contribution in [2.75, 3.05) is 19.7 Å². The van der Waals surface area contributed by atoms with Gasteiger partial charge >= 0.3 is 6.09 Å². The second-order valence-electron chi connectivity index (χ2n) is 10.9. The molecule has 1 aromatic rings. The number of carbonyl (C=O) groups is 4. The van der Waals surface area contributed by atoms with Crippen LogP contribution in [-0.4, -0.2) is 65.0 Å². The third-order valence-corrected chi connectivity index (χ3v) is 7.29. The van der Waals surface area contributed by atoms with E-state index in [4.69, 9.17) is 9.47 Å². The summed E-state index contributed by atoms with van der Waals surface area (Å²) in [6.07, 6.45) is 2.68. The largest absolute Gasteiger partial charge is 0.492 e. The minimum absolute atomic E-state index is 0.0787. The summed E-state index contributed by atoms with van der Waals surface area (Å²) in [6.45, 7) is 7.65. The first-order valence-electron chi connectivity index (χ1n) is 12.0. The maximum Gasteiger partial charge on any atom is 0.410 e. The minimum atomic E-state index is -0.639. The van der Waals surface area contributed by atoms with E-state index in [0.717, 1.165) is 30.4 Å². The van der Waals surface area contributed by atoms with E-state index < -0.39 is 17.6 Å². The zero-order valence-corrected chi connectivity index (χ0v) is 19.9.